The number of hydrogen-bond acceptors (Lipinski definition) is 2. The van der Waals surface area contributed by atoms with E-state index in [1.165, 1.54) is 6.92 Å². The van der Waals surface area contributed by atoms with Crippen molar-refractivity contribution >= 4 is 38.8 Å². The molecule has 0 amide bonds. The lowest BCUT2D eigenvalue weighted by Crippen LogP contribution is -2.24. The van der Waals surface area contributed by atoms with Crippen LogP contribution < -0.4 is 11.1 Å². The van der Waals surface area contributed by atoms with Gasteiger partial charge in [-0.05, 0) is 41.1 Å². The Morgan fingerprint density at radius 1 is 1.50 bits per heavy atom. The van der Waals surface area contributed by atoms with Crippen molar-refractivity contribution in [1.29, 1.82) is 0 Å². The van der Waals surface area contributed by atoms with Crippen molar-refractivity contribution in [2.24, 2.45) is 5.73 Å². The number of thiocarbonyl (C=S) groups is 1. The molecule has 100 valence electrons. The summed E-state index contributed by atoms with van der Waals surface area (Å²) in [5.74, 6) is 0. The number of nitrogens with one attached hydrogen (secondary N) is 1. The number of halogens is 4. The molecule has 0 aromatic heterocycles. The van der Waals surface area contributed by atoms with Gasteiger partial charge in [0.1, 0.15) is 4.99 Å². The van der Waals surface area contributed by atoms with Crippen LogP contribution in [0.15, 0.2) is 22.7 Å². The minimum absolute atomic E-state index is 0.241. The second-order valence-corrected chi connectivity index (χ2v) is 5.22. The van der Waals surface area contributed by atoms with E-state index in [9.17, 15) is 13.2 Å². The topological polar surface area (TPSA) is 38.0 Å². The van der Waals surface area contributed by atoms with Crippen molar-refractivity contribution < 1.29 is 13.2 Å². The Kier molecular flexibility index (Phi) is 4.98. The molecule has 0 saturated heterocycles. The molecule has 0 aliphatic carbocycles. The highest BCUT2D eigenvalue weighted by Gasteiger charge is 2.30. The average Bonchev–Trinajstić information content (AvgIpc) is 2.17. The third-order valence-corrected chi connectivity index (χ3v) is 3.08. The Morgan fingerprint density at radius 2 is 2.11 bits per heavy atom. The number of benzene rings is 1. The third-order valence-electron chi connectivity index (χ3n) is 2.19. The van der Waals surface area contributed by atoms with Gasteiger partial charge < -0.3 is 11.1 Å². The van der Waals surface area contributed by atoms with Gasteiger partial charge in [0.2, 0.25) is 0 Å². The highest BCUT2D eigenvalue weighted by atomic mass is 79.9. The molecule has 1 aromatic carbocycles. The largest absolute Gasteiger partial charge is 0.391 e. The SMILES string of the molecule is CC(CC(F)(F)F)Nc1ccc(C(N)=S)cc1Br. The van der Waals surface area contributed by atoms with Crippen LogP contribution in [-0.4, -0.2) is 17.2 Å². The van der Waals surface area contributed by atoms with E-state index in [-0.39, 0.29) is 4.99 Å². The first kappa shape index (κ1) is 15.2. The van der Waals surface area contributed by atoms with E-state index in [2.05, 4.69) is 21.2 Å². The van der Waals surface area contributed by atoms with Crippen molar-refractivity contribution in [3.63, 3.8) is 0 Å². The minimum atomic E-state index is -4.18. The maximum Gasteiger partial charge on any atom is 0.391 e. The summed E-state index contributed by atoms with van der Waals surface area (Å²) in [4.78, 5) is 0.241. The van der Waals surface area contributed by atoms with Gasteiger partial charge in [-0.15, -0.1) is 0 Å². The monoisotopic (exact) mass is 340 g/mol. The maximum atomic E-state index is 12.2. The summed E-state index contributed by atoms with van der Waals surface area (Å²) in [6.07, 6.45) is -5.08. The molecule has 2 nitrogen and oxygen atoms in total. The predicted octanol–water partition coefficient (Wildman–Crippen LogP) is 3.84. The number of anilines is 1. The Hall–Kier alpha value is -0.820. The van der Waals surface area contributed by atoms with Crippen LogP contribution in [0.2, 0.25) is 0 Å². The van der Waals surface area contributed by atoms with Crippen LogP contribution >= 0.6 is 28.1 Å². The first-order chi connectivity index (χ1) is 8.19. The fourth-order valence-corrected chi connectivity index (χ4v) is 2.07. The minimum Gasteiger partial charge on any atom is -0.389 e. The number of rotatable bonds is 4. The molecule has 0 bridgehead atoms. The van der Waals surface area contributed by atoms with Crippen LogP contribution in [0.5, 0.6) is 0 Å². The van der Waals surface area contributed by atoms with Crippen LogP contribution in [0, 0.1) is 0 Å². The van der Waals surface area contributed by atoms with Gasteiger partial charge in [0.25, 0.3) is 0 Å². The van der Waals surface area contributed by atoms with Crippen LogP contribution in [0.4, 0.5) is 18.9 Å². The fraction of sp³-hybridized carbons (Fsp3) is 0.364. The zero-order chi connectivity index (χ0) is 13.9. The lowest BCUT2D eigenvalue weighted by Gasteiger charge is -2.18. The van der Waals surface area contributed by atoms with E-state index < -0.39 is 18.6 Å². The zero-order valence-corrected chi connectivity index (χ0v) is 11.9. The summed E-state index contributed by atoms with van der Waals surface area (Å²) in [6, 6.07) is 4.27. The Bertz CT molecular complexity index is 448. The average molecular weight is 341 g/mol. The standard InChI is InChI=1S/C11H12BrF3N2S/c1-6(5-11(13,14)15)17-9-3-2-7(10(16)18)4-8(9)12/h2-4,6,17H,5H2,1H3,(H2,16,18). The molecule has 1 rings (SSSR count). The molecule has 0 heterocycles. The molecule has 0 aliphatic heterocycles. The van der Waals surface area contributed by atoms with Crippen molar-refractivity contribution in [1.82, 2.24) is 0 Å². The van der Waals surface area contributed by atoms with Crippen molar-refractivity contribution in [2.75, 3.05) is 5.32 Å². The van der Waals surface area contributed by atoms with Gasteiger partial charge in [0.15, 0.2) is 0 Å². The lowest BCUT2D eigenvalue weighted by atomic mass is 10.1. The Labute approximate surface area is 117 Å². The molecule has 18 heavy (non-hydrogen) atoms. The van der Waals surface area contributed by atoms with Gasteiger partial charge in [-0.1, -0.05) is 12.2 Å². The number of nitrogens with two attached hydrogens (primary N) is 1. The van der Waals surface area contributed by atoms with Crippen LogP contribution in [0.1, 0.15) is 18.9 Å². The molecule has 0 spiro atoms. The highest BCUT2D eigenvalue weighted by Crippen LogP contribution is 2.27. The zero-order valence-electron chi connectivity index (χ0n) is 9.51. The van der Waals surface area contributed by atoms with Gasteiger partial charge in [-0.25, -0.2) is 0 Å². The van der Waals surface area contributed by atoms with E-state index in [1.54, 1.807) is 18.2 Å². The van der Waals surface area contributed by atoms with E-state index in [0.29, 0.717) is 15.7 Å². The lowest BCUT2D eigenvalue weighted by molar-refractivity contribution is -0.136. The van der Waals surface area contributed by atoms with Crippen molar-refractivity contribution in [2.45, 2.75) is 25.6 Å². The summed E-state index contributed by atoms with van der Waals surface area (Å²) < 4.78 is 37.2. The van der Waals surface area contributed by atoms with Crippen molar-refractivity contribution in [3.8, 4) is 0 Å². The van der Waals surface area contributed by atoms with Crippen LogP contribution in [0.3, 0.4) is 0 Å². The predicted molar refractivity (Wildman–Crippen MR) is 73.8 cm³/mol. The van der Waals surface area contributed by atoms with E-state index >= 15 is 0 Å². The quantitative estimate of drug-likeness (QED) is 0.818. The summed E-state index contributed by atoms with van der Waals surface area (Å²) in [5, 5.41) is 2.78. The normalized spacial score (nSPS) is 13.2. The molecular formula is C11H12BrF3N2S. The Morgan fingerprint density at radius 3 is 2.56 bits per heavy atom. The summed E-state index contributed by atoms with van der Waals surface area (Å²) in [6.45, 7) is 1.47. The molecule has 0 fully saturated rings. The summed E-state index contributed by atoms with van der Waals surface area (Å²) in [5.41, 5.74) is 6.69. The molecule has 0 radical (unpaired) electrons. The first-order valence-corrected chi connectivity index (χ1v) is 6.32. The van der Waals surface area contributed by atoms with E-state index in [4.69, 9.17) is 18.0 Å². The summed E-state index contributed by atoms with van der Waals surface area (Å²) >= 11 is 8.08. The Balaban J connectivity index is 2.77. The van der Waals surface area contributed by atoms with Gasteiger partial charge in [-0.2, -0.15) is 13.2 Å². The second kappa shape index (κ2) is 5.88. The molecule has 0 saturated carbocycles. The molecule has 1 aromatic rings. The number of alkyl halides is 3. The fourth-order valence-electron chi connectivity index (χ4n) is 1.45. The van der Waals surface area contributed by atoms with Crippen molar-refractivity contribution in [3.05, 3.63) is 28.2 Å². The molecular weight excluding hydrogens is 329 g/mol. The smallest absolute Gasteiger partial charge is 0.389 e. The highest BCUT2D eigenvalue weighted by molar-refractivity contribution is 9.10. The van der Waals surface area contributed by atoms with Crippen LogP contribution in [-0.2, 0) is 0 Å². The van der Waals surface area contributed by atoms with Gasteiger partial charge in [0.05, 0.1) is 6.42 Å². The molecule has 1 atom stereocenters. The molecule has 0 aliphatic rings. The van der Waals surface area contributed by atoms with Gasteiger partial charge in [-0.3, -0.25) is 0 Å². The van der Waals surface area contributed by atoms with E-state index in [1.807, 2.05) is 0 Å². The molecule has 3 N–H and O–H groups in total. The van der Waals surface area contributed by atoms with Gasteiger partial charge >= 0.3 is 6.18 Å². The third kappa shape index (κ3) is 4.81. The second-order valence-electron chi connectivity index (χ2n) is 3.92. The number of hydrogen-bond donors (Lipinski definition) is 2. The maximum absolute atomic E-state index is 12.2. The first-order valence-electron chi connectivity index (χ1n) is 5.11. The van der Waals surface area contributed by atoms with E-state index in [0.717, 1.165) is 0 Å². The molecule has 7 heteroatoms. The van der Waals surface area contributed by atoms with Gasteiger partial charge in [0, 0.05) is 21.8 Å². The molecule has 1 unspecified atom stereocenters. The summed E-state index contributed by atoms with van der Waals surface area (Å²) in [7, 11) is 0. The van der Waals surface area contributed by atoms with Crippen LogP contribution in [0.25, 0.3) is 0 Å².